The van der Waals surface area contributed by atoms with Crippen LogP contribution < -0.4 is 9.47 Å². The molecule has 2 rings (SSSR count). The maximum Gasteiger partial charge on any atom is 0.291 e. The van der Waals surface area contributed by atoms with Crippen molar-refractivity contribution in [1.82, 2.24) is 9.80 Å². The van der Waals surface area contributed by atoms with E-state index in [9.17, 15) is 10.1 Å². The number of likely N-dealkylation sites (N-methyl/N-ethyl adjacent to an activating group) is 1. The molecule has 130 valence electrons. The van der Waals surface area contributed by atoms with Gasteiger partial charge in [-0.05, 0) is 13.5 Å². The van der Waals surface area contributed by atoms with Gasteiger partial charge >= 0.3 is 0 Å². The van der Waals surface area contributed by atoms with E-state index in [0.29, 0.717) is 18.1 Å². The number of rotatable bonds is 7. The van der Waals surface area contributed by atoms with Crippen LogP contribution in [-0.4, -0.2) is 68.2 Å². The van der Waals surface area contributed by atoms with Crippen LogP contribution >= 0.6 is 0 Å². The van der Waals surface area contributed by atoms with Gasteiger partial charge in [0.15, 0.2) is 11.5 Å². The number of nitro groups is 1. The summed E-state index contributed by atoms with van der Waals surface area (Å²) < 4.78 is 10.8. The minimum Gasteiger partial charge on any atom is -0.493 e. The zero-order valence-electron chi connectivity index (χ0n) is 14.0. The van der Waals surface area contributed by atoms with Crippen molar-refractivity contribution < 1.29 is 14.4 Å². The molecule has 0 atom stereocenters. The van der Waals surface area contributed by atoms with Crippen molar-refractivity contribution >= 4 is 5.69 Å². The first-order chi connectivity index (χ1) is 11.5. The minimum absolute atomic E-state index is 0.0402. The Morgan fingerprint density at radius 1 is 1.29 bits per heavy atom. The summed E-state index contributed by atoms with van der Waals surface area (Å²) in [5.41, 5.74) is -0.311. The van der Waals surface area contributed by atoms with Crippen LogP contribution in [0.1, 0.15) is 12.0 Å². The normalized spacial score (nSPS) is 15.7. The van der Waals surface area contributed by atoms with Crippen molar-refractivity contribution in [3.63, 3.8) is 0 Å². The van der Waals surface area contributed by atoms with Gasteiger partial charge in [0, 0.05) is 38.8 Å². The lowest BCUT2D eigenvalue weighted by molar-refractivity contribution is -0.385. The van der Waals surface area contributed by atoms with E-state index in [1.165, 1.54) is 19.2 Å². The Hall–Kier alpha value is -2.37. The summed E-state index contributed by atoms with van der Waals surface area (Å²) in [5.74, 6) is 0.623. The molecule has 1 aliphatic rings. The standard InChI is InChI=1S/C16H22N4O4/c1-18-5-7-19(8-6-18)4-3-9-24-16-11-14(20(21)22)13(12-17)10-15(16)23-2/h10-11H,3-9H2,1-2H3. The molecule has 1 heterocycles. The van der Waals surface area contributed by atoms with Crippen LogP contribution in [0.5, 0.6) is 11.5 Å². The van der Waals surface area contributed by atoms with E-state index in [4.69, 9.17) is 14.7 Å². The van der Waals surface area contributed by atoms with Gasteiger partial charge in [-0.15, -0.1) is 0 Å². The van der Waals surface area contributed by atoms with E-state index in [-0.39, 0.29) is 11.3 Å². The molecule has 0 aromatic heterocycles. The van der Waals surface area contributed by atoms with Crippen molar-refractivity contribution in [2.75, 3.05) is 53.5 Å². The number of hydrogen-bond donors (Lipinski definition) is 0. The molecular weight excluding hydrogens is 312 g/mol. The molecule has 0 spiro atoms. The van der Waals surface area contributed by atoms with Crippen LogP contribution in [0.4, 0.5) is 5.69 Å². The van der Waals surface area contributed by atoms with Crippen LogP contribution in [0.3, 0.4) is 0 Å². The predicted molar refractivity (Wildman–Crippen MR) is 88.4 cm³/mol. The maximum absolute atomic E-state index is 11.0. The van der Waals surface area contributed by atoms with Gasteiger partial charge < -0.3 is 19.3 Å². The zero-order chi connectivity index (χ0) is 17.5. The van der Waals surface area contributed by atoms with Gasteiger partial charge in [0.2, 0.25) is 0 Å². The first-order valence-electron chi connectivity index (χ1n) is 7.85. The molecule has 1 fully saturated rings. The largest absolute Gasteiger partial charge is 0.493 e. The highest BCUT2D eigenvalue weighted by molar-refractivity contribution is 5.58. The van der Waals surface area contributed by atoms with E-state index >= 15 is 0 Å². The smallest absolute Gasteiger partial charge is 0.291 e. The third-order valence-electron chi connectivity index (χ3n) is 4.07. The average Bonchev–Trinajstić information content (AvgIpc) is 2.59. The lowest BCUT2D eigenvalue weighted by atomic mass is 10.1. The molecule has 1 saturated heterocycles. The molecule has 0 N–H and O–H groups in total. The SMILES string of the molecule is COc1cc(C#N)c([N+](=O)[O-])cc1OCCCN1CCN(C)CC1. The molecule has 0 radical (unpaired) electrons. The molecule has 0 bridgehead atoms. The zero-order valence-corrected chi connectivity index (χ0v) is 14.0. The Bertz CT molecular complexity index is 621. The third kappa shape index (κ3) is 4.57. The van der Waals surface area contributed by atoms with Gasteiger partial charge in [-0.1, -0.05) is 0 Å². The molecule has 24 heavy (non-hydrogen) atoms. The molecule has 0 amide bonds. The van der Waals surface area contributed by atoms with E-state index in [2.05, 4.69) is 16.8 Å². The summed E-state index contributed by atoms with van der Waals surface area (Å²) in [4.78, 5) is 15.1. The van der Waals surface area contributed by atoms with Crippen LogP contribution in [0, 0.1) is 21.4 Å². The van der Waals surface area contributed by atoms with Gasteiger partial charge in [-0.3, -0.25) is 10.1 Å². The van der Waals surface area contributed by atoms with Gasteiger partial charge in [0.05, 0.1) is 24.7 Å². The second kappa shape index (κ2) is 8.47. The first-order valence-corrected chi connectivity index (χ1v) is 7.85. The number of hydrogen-bond acceptors (Lipinski definition) is 7. The van der Waals surface area contributed by atoms with Gasteiger partial charge in [-0.2, -0.15) is 5.26 Å². The molecule has 0 saturated carbocycles. The molecule has 8 nitrogen and oxygen atoms in total. The van der Waals surface area contributed by atoms with Crippen LogP contribution in [0.2, 0.25) is 0 Å². The summed E-state index contributed by atoms with van der Waals surface area (Å²) in [6.45, 7) is 5.58. The summed E-state index contributed by atoms with van der Waals surface area (Å²) in [7, 11) is 3.56. The average molecular weight is 334 g/mol. The number of nitro benzene ring substituents is 1. The molecule has 1 aliphatic heterocycles. The third-order valence-corrected chi connectivity index (χ3v) is 4.07. The van der Waals surface area contributed by atoms with Crippen molar-refractivity contribution in [1.29, 1.82) is 5.26 Å². The Morgan fingerprint density at radius 2 is 2.00 bits per heavy atom. The van der Waals surface area contributed by atoms with Crippen molar-refractivity contribution in [3.05, 3.63) is 27.8 Å². The second-order valence-electron chi connectivity index (χ2n) is 5.74. The predicted octanol–water partition coefficient (Wildman–Crippen LogP) is 1.49. The molecule has 1 aromatic carbocycles. The van der Waals surface area contributed by atoms with Gasteiger partial charge in [0.1, 0.15) is 11.6 Å². The number of nitriles is 1. The van der Waals surface area contributed by atoms with E-state index in [1.807, 2.05) is 0 Å². The fourth-order valence-corrected chi connectivity index (χ4v) is 2.60. The van der Waals surface area contributed by atoms with E-state index in [0.717, 1.165) is 39.1 Å². The molecule has 1 aromatic rings. The number of nitrogens with zero attached hydrogens (tertiary/aromatic N) is 4. The Kier molecular flexibility index (Phi) is 6.35. The number of methoxy groups -OCH3 is 1. The lowest BCUT2D eigenvalue weighted by Crippen LogP contribution is -2.44. The van der Waals surface area contributed by atoms with Crippen LogP contribution in [0.15, 0.2) is 12.1 Å². The fraction of sp³-hybridized carbons (Fsp3) is 0.562. The van der Waals surface area contributed by atoms with Crippen LogP contribution in [-0.2, 0) is 0 Å². The fourth-order valence-electron chi connectivity index (χ4n) is 2.60. The molecule has 0 unspecified atom stereocenters. The highest BCUT2D eigenvalue weighted by Crippen LogP contribution is 2.34. The van der Waals surface area contributed by atoms with Crippen molar-refractivity contribution in [2.24, 2.45) is 0 Å². The Balaban J connectivity index is 1.93. The highest BCUT2D eigenvalue weighted by atomic mass is 16.6. The lowest BCUT2D eigenvalue weighted by Gasteiger charge is -2.32. The number of benzene rings is 1. The van der Waals surface area contributed by atoms with Gasteiger partial charge in [0.25, 0.3) is 5.69 Å². The Labute approximate surface area is 141 Å². The molecular formula is C16H22N4O4. The van der Waals surface area contributed by atoms with Crippen LogP contribution in [0.25, 0.3) is 0 Å². The van der Waals surface area contributed by atoms with Crippen molar-refractivity contribution in [2.45, 2.75) is 6.42 Å². The molecule has 8 heteroatoms. The van der Waals surface area contributed by atoms with E-state index < -0.39 is 4.92 Å². The highest BCUT2D eigenvalue weighted by Gasteiger charge is 2.20. The van der Waals surface area contributed by atoms with Crippen molar-refractivity contribution in [3.8, 4) is 17.6 Å². The summed E-state index contributed by atoms with van der Waals surface area (Å²) in [6.07, 6.45) is 0.820. The Morgan fingerprint density at radius 3 is 2.58 bits per heavy atom. The maximum atomic E-state index is 11.0. The van der Waals surface area contributed by atoms with Gasteiger partial charge in [-0.25, -0.2) is 0 Å². The summed E-state index contributed by atoms with van der Waals surface area (Å²) in [5, 5.41) is 20.0. The van der Waals surface area contributed by atoms with E-state index in [1.54, 1.807) is 6.07 Å². The number of ether oxygens (including phenoxy) is 2. The monoisotopic (exact) mass is 334 g/mol. The summed E-state index contributed by atoms with van der Waals surface area (Å²) in [6, 6.07) is 4.40. The quantitative estimate of drug-likeness (QED) is 0.424. The number of piperazine rings is 1. The molecule has 0 aliphatic carbocycles. The first kappa shape index (κ1) is 18.0. The second-order valence-corrected chi connectivity index (χ2v) is 5.74. The summed E-state index contributed by atoms with van der Waals surface area (Å²) >= 11 is 0. The minimum atomic E-state index is -0.588. The topological polar surface area (TPSA) is 91.9 Å².